The molecular weight excluding hydrogens is 143 g/mol. The van der Waals surface area contributed by atoms with Crippen LogP contribution in [-0.4, -0.2) is 6.71 Å². The van der Waals surface area contributed by atoms with Gasteiger partial charge in [-0.2, -0.15) is 0 Å². The van der Waals surface area contributed by atoms with Gasteiger partial charge in [-0.05, 0) is 5.92 Å². The number of hydrogen-bond acceptors (Lipinski definition) is 0. The van der Waals surface area contributed by atoms with Crippen LogP contribution in [0.25, 0.3) is 0 Å². The highest BCUT2D eigenvalue weighted by atomic mass is 14.2. The maximum absolute atomic E-state index is 2.38. The second-order valence-electron chi connectivity index (χ2n) is 4.83. The summed E-state index contributed by atoms with van der Waals surface area (Å²) in [4.78, 5) is 0. The van der Waals surface area contributed by atoms with E-state index in [1.165, 1.54) is 38.5 Å². The molecule has 1 aliphatic carbocycles. The van der Waals surface area contributed by atoms with Gasteiger partial charge in [0.1, 0.15) is 6.71 Å². The van der Waals surface area contributed by atoms with E-state index < -0.39 is 0 Å². The first-order chi connectivity index (χ1) is 5.74. The molecule has 2 unspecified atom stereocenters. The van der Waals surface area contributed by atoms with Crippen molar-refractivity contribution in [1.82, 2.24) is 0 Å². The summed E-state index contributed by atoms with van der Waals surface area (Å²) in [5.41, 5.74) is 0. The van der Waals surface area contributed by atoms with E-state index in [2.05, 4.69) is 20.6 Å². The van der Waals surface area contributed by atoms with Crippen molar-refractivity contribution in [2.24, 2.45) is 5.92 Å². The van der Waals surface area contributed by atoms with Gasteiger partial charge in [-0.25, -0.2) is 0 Å². The Hall–Kier alpha value is 0.0649. The second kappa shape index (κ2) is 4.94. The van der Waals surface area contributed by atoms with Crippen molar-refractivity contribution in [1.29, 1.82) is 0 Å². The minimum atomic E-state index is 0.927. The highest BCUT2D eigenvalue weighted by molar-refractivity contribution is 6.57. The third-order valence-corrected chi connectivity index (χ3v) is 3.49. The van der Waals surface area contributed by atoms with Crippen LogP contribution in [0.15, 0.2) is 0 Å². The summed E-state index contributed by atoms with van der Waals surface area (Å²) < 4.78 is 0. The smallest absolute Gasteiger partial charge is 0.0861 e. The van der Waals surface area contributed by atoms with Crippen LogP contribution < -0.4 is 0 Å². The predicted molar refractivity (Wildman–Crippen MR) is 58.1 cm³/mol. The Balaban J connectivity index is 2.17. The predicted octanol–water partition coefficient (Wildman–Crippen LogP) is 4.10. The van der Waals surface area contributed by atoms with E-state index in [1.54, 1.807) is 0 Å². The average molecular weight is 166 g/mol. The first kappa shape index (κ1) is 10.1. The standard InChI is InChI=1S/C11H23B/c1-4-5-6-10-7-8-11(9-10)12(2)3/h10-11H,4-9H2,1-3H3. The van der Waals surface area contributed by atoms with Crippen LogP contribution in [0.2, 0.25) is 19.5 Å². The molecule has 0 bridgehead atoms. The Morgan fingerprint density at radius 1 is 1.25 bits per heavy atom. The molecule has 0 aromatic rings. The lowest BCUT2D eigenvalue weighted by Gasteiger charge is -2.11. The summed E-state index contributed by atoms with van der Waals surface area (Å²) >= 11 is 0. The Labute approximate surface area is 78.2 Å². The fourth-order valence-corrected chi connectivity index (χ4v) is 2.47. The molecule has 0 aliphatic heterocycles. The fourth-order valence-electron chi connectivity index (χ4n) is 2.47. The molecule has 0 N–H and O–H groups in total. The zero-order valence-electron chi connectivity index (χ0n) is 8.97. The topological polar surface area (TPSA) is 0 Å². The van der Waals surface area contributed by atoms with Crippen molar-refractivity contribution in [3.05, 3.63) is 0 Å². The molecule has 0 amide bonds. The van der Waals surface area contributed by atoms with Crippen LogP contribution >= 0.6 is 0 Å². The second-order valence-corrected chi connectivity index (χ2v) is 4.83. The Morgan fingerprint density at radius 3 is 2.50 bits per heavy atom. The summed E-state index contributed by atoms with van der Waals surface area (Å²) in [5, 5.41) is 0. The normalized spacial score (nSPS) is 29.2. The van der Waals surface area contributed by atoms with Gasteiger partial charge in [0.15, 0.2) is 0 Å². The van der Waals surface area contributed by atoms with E-state index >= 15 is 0 Å². The van der Waals surface area contributed by atoms with Gasteiger partial charge in [-0.3, -0.25) is 0 Å². The van der Waals surface area contributed by atoms with Crippen LogP contribution in [0.5, 0.6) is 0 Å². The first-order valence-corrected chi connectivity index (χ1v) is 5.74. The first-order valence-electron chi connectivity index (χ1n) is 5.74. The summed E-state index contributed by atoms with van der Waals surface area (Å²) in [7, 11) is 0. The monoisotopic (exact) mass is 166 g/mol. The number of unbranched alkanes of at least 4 members (excludes halogenated alkanes) is 1. The largest absolute Gasteiger partial charge is 0.136 e. The van der Waals surface area contributed by atoms with E-state index in [1.807, 2.05) is 0 Å². The van der Waals surface area contributed by atoms with Crippen LogP contribution in [0, 0.1) is 5.92 Å². The molecule has 0 saturated heterocycles. The molecule has 1 rings (SSSR count). The zero-order chi connectivity index (χ0) is 8.97. The van der Waals surface area contributed by atoms with E-state index in [0.717, 1.165) is 18.4 Å². The lowest BCUT2D eigenvalue weighted by molar-refractivity contribution is 0.480. The van der Waals surface area contributed by atoms with Crippen molar-refractivity contribution in [2.75, 3.05) is 0 Å². The van der Waals surface area contributed by atoms with Gasteiger partial charge in [0.2, 0.25) is 0 Å². The van der Waals surface area contributed by atoms with Crippen LogP contribution in [0.4, 0.5) is 0 Å². The van der Waals surface area contributed by atoms with Gasteiger partial charge >= 0.3 is 0 Å². The highest BCUT2D eigenvalue weighted by Crippen LogP contribution is 2.39. The molecule has 1 fully saturated rings. The SMILES string of the molecule is CCCCC1CCC(B(C)C)C1. The van der Waals surface area contributed by atoms with Crippen LogP contribution in [0.1, 0.15) is 45.4 Å². The maximum Gasteiger partial charge on any atom is 0.136 e. The van der Waals surface area contributed by atoms with Crippen LogP contribution in [0.3, 0.4) is 0 Å². The highest BCUT2D eigenvalue weighted by Gasteiger charge is 2.27. The van der Waals surface area contributed by atoms with E-state index in [-0.39, 0.29) is 0 Å². The number of rotatable bonds is 4. The molecule has 0 heterocycles. The Bertz CT molecular complexity index is 120. The van der Waals surface area contributed by atoms with Crippen molar-refractivity contribution in [3.8, 4) is 0 Å². The van der Waals surface area contributed by atoms with Gasteiger partial charge in [0, 0.05) is 0 Å². The molecule has 0 aromatic heterocycles. The molecule has 1 aliphatic rings. The summed E-state index contributed by atoms with van der Waals surface area (Å²) in [6, 6.07) is 0. The van der Waals surface area contributed by atoms with Crippen molar-refractivity contribution < 1.29 is 0 Å². The molecule has 0 aromatic carbocycles. The lowest BCUT2D eigenvalue weighted by atomic mass is 9.44. The van der Waals surface area contributed by atoms with Gasteiger partial charge in [0.25, 0.3) is 0 Å². The maximum atomic E-state index is 2.38. The van der Waals surface area contributed by atoms with E-state index in [4.69, 9.17) is 0 Å². The van der Waals surface area contributed by atoms with Crippen molar-refractivity contribution in [2.45, 2.75) is 64.9 Å². The quantitative estimate of drug-likeness (QED) is 0.551. The van der Waals surface area contributed by atoms with Gasteiger partial charge in [-0.1, -0.05) is 64.9 Å². The molecule has 1 heteroatoms. The minimum absolute atomic E-state index is 0.927. The summed E-state index contributed by atoms with van der Waals surface area (Å²) in [6.45, 7) is 7.99. The minimum Gasteiger partial charge on any atom is -0.0861 e. The Morgan fingerprint density at radius 2 is 2.00 bits per heavy atom. The number of hydrogen-bond donors (Lipinski definition) is 0. The average Bonchev–Trinajstić information content (AvgIpc) is 2.48. The van der Waals surface area contributed by atoms with Crippen molar-refractivity contribution in [3.63, 3.8) is 0 Å². The Kier molecular flexibility index (Phi) is 4.18. The van der Waals surface area contributed by atoms with Gasteiger partial charge in [0.05, 0.1) is 0 Å². The van der Waals surface area contributed by atoms with E-state index in [9.17, 15) is 0 Å². The molecule has 0 spiro atoms. The zero-order valence-corrected chi connectivity index (χ0v) is 8.97. The summed E-state index contributed by atoms with van der Waals surface area (Å²) in [5.74, 6) is 2.13. The van der Waals surface area contributed by atoms with Gasteiger partial charge in [-0.15, -0.1) is 0 Å². The molecule has 2 atom stereocenters. The van der Waals surface area contributed by atoms with Crippen LogP contribution in [-0.2, 0) is 0 Å². The molecule has 0 nitrogen and oxygen atoms in total. The third-order valence-electron chi connectivity index (χ3n) is 3.49. The molecular formula is C11H23B. The lowest BCUT2D eigenvalue weighted by Crippen LogP contribution is -2.08. The molecule has 1 saturated carbocycles. The molecule has 12 heavy (non-hydrogen) atoms. The third kappa shape index (κ3) is 2.84. The van der Waals surface area contributed by atoms with Gasteiger partial charge < -0.3 is 0 Å². The van der Waals surface area contributed by atoms with Crippen molar-refractivity contribution >= 4 is 6.71 Å². The molecule has 70 valence electrons. The summed E-state index contributed by atoms with van der Waals surface area (Å²) in [6.07, 6.45) is 8.88. The van der Waals surface area contributed by atoms with E-state index in [0.29, 0.717) is 0 Å². The fraction of sp³-hybridized carbons (Fsp3) is 1.00. The molecule has 0 radical (unpaired) electrons.